The molecule has 1 aliphatic carbocycles. The molecule has 1 fully saturated rings. The first-order valence-electron chi connectivity index (χ1n) is 6.75. The van der Waals surface area contributed by atoms with E-state index in [1.165, 1.54) is 25.7 Å². The van der Waals surface area contributed by atoms with Crippen LogP contribution in [0, 0.1) is 0 Å². The summed E-state index contributed by atoms with van der Waals surface area (Å²) in [4.78, 5) is 13.8. The highest BCUT2D eigenvalue weighted by atomic mass is 16.1. The van der Waals surface area contributed by atoms with Crippen LogP contribution in [0.5, 0.6) is 0 Å². The summed E-state index contributed by atoms with van der Waals surface area (Å²) < 4.78 is 0. The van der Waals surface area contributed by atoms with E-state index < -0.39 is 0 Å². The van der Waals surface area contributed by atoms with Gasteiger partial charge in [-0.1, -0.05) is 12.8 Å². The minimum atomic E-state index is 0.128. The molecule has 4 heteroatoms. The van der Waals surface area contributed by atoms with Crippen molar-refractivity contribution < 1.29 is 4.79 Å². The number of hydrogen-bond donors (Lipinski definition) is 2. The van der Waals surface area contributed by atoms with Crippen LogP contribution in [0.25, 0.3) is 0 Å². The van der Waals surface area contributed by atoms with E-state index in [4.69, 9.17) is 0 Å². The average molecular weight is 241 g/mol. The van der Waals surface area contributed by atoms with Crippen molar-refractivity contribution >= 4 is 5.91 Å². The molecule has 1 amide bonds. The van der Waals surface area contributed by atoms with Gasteiger partial charge in [0.05, 0.1) is 6.54 Å². The Labute approximate surface area is 105 Å². The molecule has 17 heavy (non-hydrogen) atoms. The highest BCUT2D eigenvalue weighted by Gasteiger charge is 2.15. The molecule has 0 saturated heterocycles. The lowest BCUT2D eigenvalue weighted by Gasteiger charge is -2.18. The molecule has 0 radical (unpaired) electrons. The third-order valence-electron chi connectivity index (χ3n) is 3.32. The predicted octanol–water partition coefficient (Wildman–Crippen LogP) is 0.975. The SMILES string of the molecule is CC(CCN(C)C)NC(=O)CNC1CCCC1. The molecule has 1 aliphatic rings. The van der Waals surface area contributed by atoms with E-state index in [1.54, 1.807) is 0 Å². The molecule has 1 unspecified atom stereocenters. The van der Waals surface area contributed by atoms with Crippen molar-refractivity contribution in [2.24, 2.45) is 0 Å². The maximum absolute atomic E-state index is 11.7. The molecule has 2 N–H and O–H groups in total. The molecule has 0 aromatic heterocycles. The summed E-state index contributed by atoms with van der Waals surface area (Å²) in [5.74, 6) is 0.128. The molecule has 0 heterocycles. The summed E-state index contributed by atoms with van der Waals surface area (Å²) in [6, 6.07) is 0.827. The van der Waals surface area contributed by atoms with Crippen molar-refractivity contribution in [3.05, 3.63) is 0 Å². The predicted molar refractivity (Wildman–Crippen MR) is 71.0 cm³/mol. The fourth-order valence-electron chi connectivity index (χ4n) is 2.22. The van der Waals surface area contributed by atoms with Crippen LogP contribution in [0.1, 0.15) is 39.0 Å². The normalized spacial score (nSPS) is 18.6. The zero-order chi connectivity index (χ0) is 12.7. The van der Waals surface area contributed by atoms with Gasteiger partial charge in [0.25, 0.3) is 0 Å². The fourth-order valence-corrected chi connectivity index (χ4v) is 2.22. The first-order chi connectivity index (χ1) is 8.08. The lowest BCUT2D eigenvalue weighted by atomic mass is 10.2. The van der Waals surface area contributed by atoms with Gasteiger partial charge in [-0.15, -0.1) is 0 Å². The van der Waals surface area contributed by atoms with Crippen LogP contribution in [-0.4, -0.2) is 50.1 Å². The van der Waals surface area contributed by atoms with E-state index >= 15 is 0 Å². The van der Waals surface area contributed by atoms with Crippen LogP contribution in [0.4, 0.5) is 0 Å². The Morgan fingerprint density at radius 2 is 2.00 bits per heavy atom. The monoisotopic (exact) mass is 241 g/mol. The van der Waals surface area contributed by atoms with E-state index in [9.17, 15) is 4.79 Å². The van der Waals surface area contributed by atoms with Crippen LogP contribution in [0.2, 0.25) is 0 Å². The number of rotatable bonds is 7. The Bertz CT molecular complexity index is 225. The molecule has 1 saturated carbocycles. The van der Waals surface area contributed by atoms with Crippen LogP contribution in [0.15, 0.2) is 0 Å². The molecule has 100 valence electrons. The van der Waals surface area contributed by atoms with Crippen LogP contribution < -0.4 is 10.6 Å². The Morgan fingerprint density at radius 3 is 2.59 bits per heavy atom. The topological polar surface area (TPSA) is 44.4 Å². The van der Waals surface area contributed by atoms with Gasteiger partial charge in [0.2, 0.25) is 5.91 Å². The fraction of sp³-hybridized carbons (Fsp3) is 0.923. The second kappa shape index (κ2) is 7.67. The molecule has 4 nitrogen and oxygen atoms in total. The maximum atomic E-state index is 11.7. The van der Waals surface area contributed by atoms with E-state index in [-0.39, 0.29) is 11.9 Å². The van der Waals surface area contributed by atoms with Gasteiger partial charge in [0, 0.05) is 12.1 Å². The van der Waals surface area contributed by atoms with Crippen molar-refractivity contribution in [1.29, 1.82) is 0 Å². The molecule has 1 rings (SSSR count). The van der Waals surface area contributed by atoms with Gasteiger partial charge in [-0.2, -0.15) is 0 Å². The van der Waals surface area contributed by atoms with Gasteiger partial charge in [0.1, 0.15) is 0 Å². The van der Waals surface area contributed by atoms with Crippen molar-refractivity contribution in [2.75, 3.05) is 27.2 Å². The second-order valence-electron chi connectivity index (χ2n) is 5.42. The summed E-state index contributed by atoms with van der Waals surface area (Å²) >= 11 is 0. The summed E-state index contributed by atoms with van der Waals surface area (Å²) in [7, 11) is 4.10. The minimum absolute atomic E-state index is 0.128. The molecule has 0 aliphatic heterocycles. The number of carbonyl (C=O) groups is 1. The summed E-state index contributed by atoms with van der Waals surface area (Å²) in [5.41, 5.74) is 0. The first-order valence-corrected chi connectivity index (χ1v) is 6.75. The van der Waals surface area contributed by atoms with Gasteiger partial charge in [-0.25, -0.2) is 0 Å². The number of nitrogens with one attached hydrogen (secondary N) is 2. The van der Waals surface area contributed by atoms with Gasteiger partial charge in [0.15, 0.2) is 0 Å². The Balaban J connectivity index is 2.06. The number of hydrogen-bond acceptors (Lipinski definition) is 3. The number of nitrogens with zero attached hydrogens (tertiary/aromatic N) is 1. The molecular formula is C13H27N3O. The Morgan fingerprint density at radius 1 is 1.35 bits per heavy atom. The molecular weight excluding hydrogens is 214 g/mol. The third-order valence-corrected chi connectivity index (χ3v) is 3.32. The first kappa shape index (κ1) is 14.5. The van der Waals surface area contributed by atoms with Crippen LogP contribution in [-0.2, 0) is 4.79 Å². The summed E-state index contributed by atoms with van der Waals surface area (Å²) in [6.07, 6.45) is 6.06. The molecule has 1 atom stereocenters. The zero-order valence-corrected chi connectivity index (χ0v) is 11.5. The molecule has 0 aromatic rings. The van der Waals surface area contributed by atoms with Gasteiger partial charge in [-0.3, -0.25) is 4.79 Å². The van der Waals surface area contributed by atoms with E-state index in [0.717, 1.165) is 13.0 Å². The van der Waals surface area contributed by atoms with Crippen molar-refractivity contribution in [3.63, 3.8) is 0 Å². The second-order valence-corrected chi connectivity index (χ2v) is 5.42. The number of carbonyl (C=O) groups excluding carboxylic acids is 1. The van der Waals surface area contributed by atoms with Crippen molar-refractivity contribution in [2.45, 2.75) is 51.1 Å². The molecule has 0 bridgehead atoms. The van der Waals surface area contributed by atoms with Gasteiger partial charge in [-0.05, 0) is 46.8 Å². The smallest absolute Gasteiger partial charge is 0.234 e. The highest BCUT2D eigenvalue weighted by molar-refractivity contribution is 5.78. The highest BCUT2D eigenvalue weighted by Crippen LogP contribution is 2.17. The summed E-state index contributed by atoms with van der Waals surface area (Å²) in [6.45, 7) is 3.55. The zero-order valence-electron chi connectivity index (χ0n) is 11.5. The van der Waals surface area contributed by atoms with E-state index in [2.05, 4.69) is 36.6 Å². The quantitative estimate of drug-likeness (QED) is 0.698. The molecule has 0 aromatic carbocycles. The van der Waals surface area contributed by atoms with E-state index in [0.29, 0.717) is 12.6 Å². The Kier molecular flexibility index (Phi) is 6.52. The molecule has 0 spiro atoms. The number of amides is 1. The lowest BCUT2D eigenvalue weighted by molar-refractivity contribution is -0.121. The minimum Gasteiger partial charge on any atom is -0.352 e. The third kappa shape index (κ3) is 6.64. The Hall–Kier alpha value is -0.610. The van der Waals surface area contributed by atoms with Gasteiger partial charge < -0.3 is 15.5 Å². The van der Waals surface area contributed by atoms with E-state index in [1.807, 2.05) is 0 Å². The average Bonchev–Trinajstić information content (AvgIpc) is 2.76. The van der Waals surface area contributed by atoms with Gasteiger partial charge >= 0.3 is 0 Å². The van der Waals surface area contributed by atoms with Crippen molar-refractivity contribution in [3.8, 4) is 0 Å². The standard InChI is InChI=1S/C13H27N3O/c1-11(8-9-16(2)3)15-13(17)10-14-12-6-4-5-7-12/h11-12,14H,4-10H2,1-3H3,(H,15,17). The van der Waals surface area contributed by atoms with Crippen LogP contribution >= 0.6 is 0 Å². The maximum Gasteiger partial charge on any atom is 0.234 e. The largest absolute Gasteiger partial charge is 0.352 e. The lowest BCUT2D eigenvalue weighted by Crippen LogP contribution is -2.42. The van der Waals surface area contributed by atoms with Crippen molar-refractivity contribution in [1.82, 2.24) is 15.5 Å². The van der Waals surface area contributed by atoms with Crippen LogP contribution in [0.3, 0.4) is 0 Å². The summed E-state index contributed by atoms with van der Waals surface area (Å²) in [5, 5.41) is 6.36.